The van der Waals surface area contributed by atoms with E-state index in [4.69, 9.17) is 17.3 Å². The summed E-state index contributed by atoms with van der Waals surface area (Å²) in [7, 11) is 4.02. The Morgan fingerprint density at radius 1 is 1.67 bits per heavy atom. The molecular formula is C8H13ClN2S. The van der Waals surface area contributed by atoms with E-state index in [2.05, 4.69) is 4.90 Å². The van der Waals surface area contributed by atoms with Crippen LogP contribution in [0.25, 0.3) is 0 Å². The smallest absolute Gasteiger partial charge is 0.0574 e. The van der Waals surface area contributed by atoms with Crippen molar-refractivity contribution in [2.75, 3.05) is 20.6 Å². The van der Waals surface area contributed by atoms with Gasteiger partial charge < -0.3 is 10.6 Å². The first-order valence-corrected chi connectivity index (χ1v) is 5.02. The summed E-state index contributed by atoms with van der Waals surface area (Å²) in [6.45, 7) is 0.604. The highest BCUT2D eigenvalue weighted by atomic mass is 35.5. The van der Waals surface area contributed by atoms with Gasteiger partial charge in [0.15, 0.2) is 0 Å². The molecule has 0 radical (unpaired) electrons. The van der Waals surface area contributed by atoms with Gasteiger partial charge in [0.2, 0.25) is 0 Å². The van der Waals surface area contributed by atoms with E-state index in [0.717, 1.165) is 9.90 Å². The van der Waals surface area contributed by atoms with E-state index in [9.17, 15) is 0 Å². The fourth-order valence-corrected chi connectivity index (χ4v) is 2.49. The molecule has 0 aliphatic heterocycles. The predicted octanol–water partition coefficient (Wildman–Crippen LogP) is 1.96. The average Bonchev–Trinajstić information content (AvgIpc) is 2.38. The zero-order valence-corrected chi connectivity index (χ0v) is 8.82. The quantitative estimate of drug-likeness (QED) is 0.816. The fraction of sp³-hybridized carbons (Fsp3) is 0.500. The van der Waals surface area contributed by atoms with E-state index in [0.29, 0.717) is 6.54 Å². The van der Waals surface area contributed by atoms with Gasteiger partial charge in [0.05, 0.1) is 11.1 Å². The number of hydrogen-bond donors (Lipinski definition) is 1. The third kappa shape index (κ3) is 1.98. The topological polar surface area (TPSA) is 29.3 Å². The molecule has 0 fully saturated rings. The second-order valence-corrected chi connectivity index (χ2v) is 4.20. The van der Waals surface area contributed by atoms with Crippen LogP contribution >= 0.6 is 22.9 Å². The SMILES string of the molecule is CN(C)C(CN)c1sccc1Cl. The van der Waals surface area contributed by atoms with Gasteiger partial charge in [-0.2, -0.15) is 0 Å². The van der Waals surface area contributed by atoms with E-state index in [-0.39, 0.29) is 6.04 Å². The van der Waals surface area contributed by atoms with Crippen molar-refractivity contribution < 1.29 is 0 Å². The van der Waals surface area contributed by atoms with Gasteiger partial charge in [-0.15, -0.1) is 11.3 Å². The molecule has 1 heterocycles. The molecule has 12 heavy (non-hydrogen) atoms. The van der Waals surface area contributed by atoms with E-state index in [1.165, 1.54) is 0 Å². The Morgan fingerprint density at radius 3 is 2.67 bits per heavy atom. The molecular weight excluding hydrogens is 192 g/mol. The van der Waals surface area contributed by atoms with E-state index in [1.807, 2.05) is 25.5 Å². The zero-order chi connectivity index (χ0) is 9.14. The summed E-state index contributed by atoms with van der Waals surface area (Å²) in [5.41, 5.74) is 5.64. The van der Waals surface area contributed by atoms with E-state index < -0.39 is 0 Å². The van der Waals surface area contributed by atoms with Crippen molar-refractivity contribution in [3.8, 4) is 0 Å². The third-order valence-corrected chi connectivity index (χ3v) is 3.25. The van der Waals surface area contributed by atoms with Crippen LogP contribution in [0.1, 0.15) is 10.9 Å². The van der Waals surface area contributed by atoms with Gasteiger partial charge in [-0.05, 0) is 25.5 Å². The Balaban J connectivity index is 2.87. The molecule has 0 aromatic carbocycles. The maximum absolute atomic E-state index is 5.99. The predicted molar refractivity (Wildman–Crippen MR) is 54.8 cm³/mol. The number of thiophene rings is 1. The lowest BCUT2D eigenvalue weighted by Gasteiger charge is -2.21. The third-order valence-electron chi connectivity index (χ3n) is 1.79. The molecule has 0 bridgehead atoms. The lowest BCUT2D eigenvalue weighted by Crippen LogP contribution is -2.26. The molecule has 0 aliphatic rings. The minimum Gasteiger partial charge on any atom is -0.329 e. The number of hydrogen-bond acceptors (Lipinski definition) is 3. The molecule has 4 heteroatoms. The van der Waals surface area contributed by atoms with Crippen molar-refractivity contribution in [3.63, 3.8) is 0 Å². The Hall–Kier alpha value is -0.0900. The van der Waals surface area contributed by atoms with Crippen molar-refractivity contribution in [1.29, 1.82) is 0 Å². The first kappa shape index (κ1) is 9.99. The standard InChI is InChI=1S/C8H13ClN2S/c1-11(2)7(5-10)8-6(9)3-4-12-8/h3-4,7H,5,10H2,1-2H3. The van der Waals surface area contributed by atoms with E-state index in [1.54, 1.807) is 11.3 Å². The summed E-state index contributed by atoms with van der Waals surface area (Å²) in [4.78, 5) is 3.24. The second-order valence-electron chi connectivity index (χ2n) is 2.85. The van der Waals surface area contributed by atoms with E-state index >= 15 is 0 Å². The molecule has 2 nitrogen and oxygen atoms in total. The first-order chi connectivity index (χ1) is 5.66. The summed E-state index contributed by atoms with van der Waals surface area (Å²) in [5.74, 6) is 0. The second kappa shape index (κ2) is 4.23. The maximum atomic E-state index is 5.99. The van der Waals surface area contributed by atoms with Crippen LogP contribution in [0.15, 0.2) is 11.4 Å². The summed E-state index contributed by atoms with van der Waals surface area (Å²) in [6.07, 6.45) is 0. The zero-order valence-electron chi connectivity index (χ0n) is 7.25. The highest BCUT2D eigenvalue weighted by Gasteiger charge is 2.15. The number of likely N-dealkylation sites (N-methyl/N-ethyl adjacent to an activating group) is 1. The Kier molecular flexibility index (Phi) is 3.53. The lowest BCUT2D eigenvalue weighted by molar-refractivity contribution is 0.310. The molecule has 0 spiro atoms. The molecule has 1 atom stereocenters. The molecule has 1 rings (SSSR count). The molecule has 0 aliphatic carbocycles. The van der Waals surface area contributed by atoms with Crippen LogP contribution in [0.4, 0.5) is 0 Å². The molecule has 0 amide bonds. The molecule has 68 valence electrons. The summed E-state index contributed by atoms with van der Waals surface area (Å²) in [6, 6.07) is 2.16. The van der Waals surface area contributed by atoms with Crippen LogP contribution in [0, 0.1) is 0 Å². The van der Waals surface area contributed by atoms with Crippen molar-refractivity contribution in [2.45, 2.75) is 6.04 Å². The monoisotopic (exact) mass is 204 g/mol. The van der Waals surface area contributed by atoms with Crippen LogP contribution in [0.2, 0.25) is 5.02 Å². The summed E-state index contributed by atoms with van der Waals surface area (Å²) >= 11 is 7.64. The normalized spacial score (nSPS) is 13.8. The Labute approximate surface area is 81.9 Å². The molecule has 1 aromatic heterocycles. The van der Waals surface area contributed by atoms with Gasteiger partial charge in [0, 0.05) is 11.4 Å². The van der Waals surface area contributed by atoms with Crippen molar-refractivity contribution in [2.24, 2.45) is 5.73 Å². The highest BCUT2D eigenvalue weighted by molar-refractivity contribution is 7.10. The van der Waals surface area contributed by atoms with Gasteiger partial charge in [-0.25, -0.2) is 0 Å². The summed E-state index contributed by atoms with van der Waals surface area (Å²) in [5, 5.41) is 2.81. The molecule has 2 N–H and O–H groups in total. The van der Waals surface area contributed by atoms with Gasteiger partial charge in [-0.1, -0.05) is 11.6 Å². The molecule has 1 unspecified atom stereocenters. The van der Waals surface area contributed by atoms with Crippen LogP contribution in [-0.2, 0) is 0 Å². The van der Waals surface area contributed by atoms with Gasteiger partial charge >= 0.3 is 0 Å². The maximum Gasteiger partial charge on any atom is 0.0574 e. The number of rotatable bonds is 3. The highest BCUT2D eigenvalue weighted by Crippen LogP contribution is 2.30. The first-order valence-electron chi connectivity index (χ1n) is 3.76. The van der Waals surface area contributed by atoms with Gasteiger partial charge in [-0.3, -0.25) is 0 Å². The minimum atomic E-state index is 0.248. The van der Waals surface area contributed by atoms with Crippen molar-refractivity contribution >= 4 is 22.9 Å². The van der Waals surface area contributed by atoms with Gasteiger partial charge in [0.1, 0.15) is 0 Å². The largest absolute Gasteiger partial charge is 0.329 e. The molecule has 0 saturated heterocycles. The Bertz CT molecular complexity index is 247. The number of nitrogens with zero attached hydrogens (tertiary/aromatic N) is 1. The lowest BCUT2D eigenvalue weighted by atomic mass is 10.2. The Morgan fingerprint density at radius 2 is 2.33 bits per heavy atom. The van der Waals surface area contributed by atoms with Crippen LogP contribution in [0.3, 0.4) is 0 Å². The van der Waals surface area contributed by atoms with Crippen molar-refractivity contribution in [3.05, 3.63) is 21.3 Å². The van der Waals surface area contributed by atoms with Crippen LogP contribution in [-0.4, -0.2) is 25.5 Å². The average molecular weight is 205 g/mol. The fourth-order valence-electron chi connectivity index (χ4n) is 1.10. The number of nitrogens with two attached hydrogens (primary N) is 1. The molecule has 0 saturated carbocycles. The molecule has 1 aromatic rings. The van der Waals surface area contributed by atoms with Gasteiger partial charge in [0.25, 0.3) is 0 Å². The minimum absolute atomic E-state index is 0.248. The van der Waals surface area contributed by atoms with Crippen LogP contribution < -0.4 is 5.73 Å². The van der Waals surface area contributed by atoms with Crippen molar-refractivity contribution in [1.82, 2.24) is 4.90 Å². The van der Waals surface area contributed by atoms with Crippen LogP contribution in [0.5, 0.6) is 0 Å². The number of halogens is 1. The summed E-state index contributed by atoms with van der Waals surface area (Å²) < 4.78 is 0.